The molecule has 2 rings (SSSR count). The Balaban J connectivity index is 2.13. The Morgan fingerprint density at radius 1 is 1.24 bits per heavy atom. The Morgan fingerprint density at radius 2 is 2.00 bits per heavy atom. The van der Waals surface area contributed by atoms with Gasteiger partial charge in [-0.25, -0.2) is 0 Å². The molecular weight excluding hydrogens is 352 g/mol. The van der Waals surface area contributed by atoms with E-state index < -0.39 is 0 Å². The number of rotatable bonds is 4. The number of halogens is 2. The number of benzene rings is 2. The van der Waals surface area contributed by atoms with Crippen LogP contribution in [0, 0.1) is 6.92 Å². The Morgan fingerprint density at radius 3 is 2.67 bits per heavy atom. The predicted molar refractivity (Wildman–Crippen MR) is 91.0 cm³/mol. The highest BCUT2D eigenvalue weighted by Crippen LogP contribution is 2.23. The van der Waals surface area contributed by atoms with Crippen molar-refractivity contribution in [3.05, 3.63) is 62.6 Å². The third kappa shape index (κ3) is 3.99. The summed E-state index contributed by atoms with van der Waals surface area (Å²) in [4.78, 5) is 11.6. The highest BCUT2D eigenvalue weighted by atomic mass is 79.9. The van der Waals surface area contributed by atoms with Gasteiger partial charge in [0.15, 0.2) is 0 Å². The van der Waals surface area contributed by atoms with Crippen LogP contribution >= 0.6 is 27.5 Å². The van der Waals surface area contributed by atoms with Crippen molar-refractivity contribution >= 4 is 39.1 Å². The zero-order valence-corrected chi connectivity index (χ0v) is 14.2. The lowest BCUT2D eigenvalue weighted by atomic mass is 10.1. The van der Waals surface area contributed by atoms with Gasteiger partial charge in [0.1, 0.15) is 0 Å². The van der Waals surface area contributed by atoms with Crippen LogP contribution < -0.4 is 10.6 Å². The van der Waals surface area contributed by atoms with Gasteiger partial charge < -0.3 is 10.6 Å². The summed E-state index contributed by atoms with van der Waals surface area (Å²) in [5.74, 6) is -0.0836. The Hall–Kier alpha value is -1.52. The number of hydrogen-bond donors (Lipinski definition) is 2. The van der Waals surface area contributed by atoms with Crippen molar-refractivity contribution in [2.45, 2.75) is 13.5 Å². The van der Waals surface area contributed by atoms with Gasteiger partial charge in [-0.15, -0.1) is 0 Å². The Bertz CT molecular complexity index is 673. The van der Waals surface area contributed by atoms with Crippen LogP contribution in [0.4, 0.5) is 5.69 Å². The molecule has 0 spiro atoms. The van der Waals surface area contributed by atoms with Crippen molar-refractivity contribution in [3.8, 4) is 0 Å². The molecule has 0 unspecified atom stereocenters. The number of carbonyl (C=O) groups is 1. The second kappa shape index (κ2) is 6.96. The van der Waals surface area contributed by atoms with E-state index in [2.05, 4.69) is 26.6 Å². The van der Waals surface area contributed by atoms with E-state index in [1.54, 1.807) is 13.1 Å². The van der Waals surface area contributed by atoms with Gasteiger partial charge in [0.25, 0.3) is 5.91 Å². The first kappa shape index (κ1) is 15.9. The smallest absolute Gasteiger partial charge is 0.251 e. The monoisotopic (exact) mass is 366 g/mol. The molecule has 0 saturated carbocycles. The molecule has 0 fully saturated rings. The molecule has 0 aliphatic rings. The molecule has 0 atom stereocenters. The normalized spacial score (nSPS) is 10.3. The molecule has 1 amide bonds. The molecular formula is C16H16BrClN2O. The summed E-state index contributed by atoms with van der Waals surface area (Å²) in [6.45, 7) is 2.59. The fraction of sp³-hybridized carbons (Fsp3) is 0.188. The van der Waals surface area contributed by atoms with Crippen molar-refractivity contribution in [2.75, 3.05) is 12.4 Å². The Labute approximate surface area is 137 Å². The molecule has 110 valence electrons. The SMILES string of the molecule is CNC(=O)c1ccc(NCc2cc(Br)ccc2Cl)c(C)c1. The molecule has 2 aromatic rings. The number of nitrogens with one attached hydrogen (secondary N) is 2. The van der Waals surface area contributed by atoms with Crippen molar-refractivity contribution < 1.29 is 4.79 Å². The van der Waals surface area contributed by atoms with Crippen LogP contribution in [0.15, 0.2) is 40.9 Å². The van der Waals surface area contributed by atoms with Gasteiger partial charge in [0.05, 0.1) is 0 Å². The minimum Gasteiger partial charge on any atom is -0.381 e. The average Bonchev–Trinajstić information content (AvgIpc) is 2.48. The molecule has 3 nitrogen and oxygen atoms in total. The van der Waals surface area contributed by atoms with Gasteiger partial charge in [-0.3, -0.25) is 4.79 Å². The molecule has 5 heteroatoms. The number of anilines is 1. The number of aryl methyl sites for hydroxylation is 1. The van der Waals surface area contributed by atoms with E-state index >= 15 is 0 Å². The first-order valence-corrected chi connectivity index (χ1v) is 7.69. The van der Waals surface area contributed by atoms with Gasteiger partial charge in [0.2, 0.25) is 0 Å². The van der Waals surface area contributed by atoms with Crippen LogP contribution in [0.3, 0.4) is 0 Å². The molecule has 0 saturated heterocycles. The summed E-state index contributed by atoms with van der Waals surface area (Å²) in [5.41, 5.74) is 3.67. The molecule has 0 aliphatic carbocycles. The van der Waals surface area contributed by atoms with E-state index in [0.29, 0.717) is 12.1 Å². The molecule has 0 radical (unpaired) electrons. The lowest BCUT2D eigenvalue weighted by Gasteiger charge is -2.12. The fourth-order valence-electron chi connectivity index (χ4n) is 2.02. The standard InChI is InChI=1S/C16H16BrClN2O/c1-10-7-11(16(21)19-2)3-6-15(10)20-9-12-8-13(17)4-5-14(12)18/h3-8,20H,9H2,1-2H3,(H,19,21). The van der Waals surface area contributed by atoms with Gasteiger partial charge in [-0.2, -0.15) is 0 Å². The first-order chi connectivity index (χ1) is 10.0. The molecule has 2 aromatic carbocycles. The third-order valence-electron chi connectivity index (χ3n) is 3.19. The van der Waals surface area contributed by atoms with Crippen LogP contribution in [0.5, 0.6) is 0 Å². The van der Waals surface area contributed by atoms with Crippen LogP contribution in [0.25, 0.3) is 0 Å². The van der Waals surface area contributed by atoms with Crippen LogP contribution in [0.2, 0.25) is 5.02 Å². The van der Waals surface area contributed by atoms with Crippen molar-refractivity contribution in [1.82, 2.24) is 5.32 Å². The summed E-state index contributed by atoms with van der Waals surface area (Å²) >= 11 is 9.61. The molecule has 0 aromatic heterocycles. The molecule has 0 bridgehead atoms. The number of hydrogen-bond acceptors (Lipinski definition) is 2. The Kier molecular flexibility index (Phi) is 5.26. The van der Waals surface area contributed by atoms with Gasteiger partial charge >= 0.3 is 0 Å². The summed E-state index contributed by atoms with van der Waals surface area (Å²) in [6, 6.07) is 11.3. The van der Waals surface area contributed by atoms with Gasteiger partial charge in [-0.1, -0.05) is 27.5 Å². The van der Waals surface area contributed by atoms with Gasteiger partial charge in [-0.05, 0) is 54.4 Å². The number of amides is 1. The summed E-state index contributed by atoms with van der Waals surface area (Å²) in [6.07, 6.45) is 0. The maximum atomic E-state index is 11.6. The minimum absolute atomic E-state index is 0.0836. The van der Waals surface area contributed by atoms with Crippen molar-refractivity contribution in [2.24, 2.45) is 0 Å². The van der Waals surface area contributed by atoms with E-state index in [9.17, 15) is 4.79 Å². The maximum Gasteiger partial charge on any atom is 0.251 e. The topological polar surface area (TPSA) is 41.1 Å². The zero-order chi connectivity index (χ0) is 15.4. The van der Waals surface area contributed by atoms with Gasteiger partial charge in [0, 0.05) is 34.3 Å². The van der Waals surface area contributed by atoms with Crippen LogP contribution in [-0.2, 0) is 6.54 Å². The average molecular weight is 368 g/mol. The maximum absolute atomic E-state index is 11.6. The molecule has 21 heavy (non-hydrogen) atoms. The van der Waals surface area contributed by atoms with Crippen molar-refractivity contribution in [3.63, 3.8) is 0 Å². The van der Waals surface area contributed by atoms with E-state index in [0.717, 1.165) is 26.3 Å². The second-order valence-electron chi connectivity index (χ2n) is 4.70. The highest BCUT2D eigenvalue weighted by Gasteiger charge is 2.07. The largest absolute Gasteiger partial charge is 0.381 e. The molecule has 0 heterocycles. The second-order valence-corrected chi connectivity index (χ2v) is 6.02. The quantitative estimate of drug-likeness (QED) is 0.842. The summed E-state index contributed by atoms with van der Waals surface area (Å²) in [5, 5.41) is 6.69. The number of carbonyl (C=O) groups excluding carboxylic acids is 1. The minimum atomic E-state index is -0.0836. The molecule has 2 N–H and O–H groups in total. The lowest BCUT2D eigenvalue weighted by Crippen LogP contribution is -2.17. The lowest BCUT2D eigenvalue weighted by molar-refractivity contribution is 0.0963. The van der Waals surface area contributed by atoms with E-state index in [1.165, 1.54) is 0 Å². The van der Waals surface area contributed by atoms with Crippen molar-refractivity contribution in [1.29, 1.82) is 0 Å². The van der Waals surface area contributed by atoms with E-state index in [1.807, 2.05) is 37.3 Å². The fourth-order valence-corrected chi connectivity index (χ4v) is 2.61. The first-order valence-electron chi connectivity index (χ1n) is 6.52. The predicted octanol–water partition coefficient (Wildman–Crippen LogP) is 4.38. The van der Waals surface area contributed by atoms with Crippen LogP contribution in [0.1, 0.15) is 21.5 Å². The summed E-state index contributed by atoms with van der Waals surface area (Å²) in [7, 11) is 1.62. The highest BCUT2D eigenvalue weighted by molar-refractivity contribution is 9.10. The van der Waals surface area contributed by atoms with Crippen LogP contribution in [-0.4, -0.2) is 13.0 Å². The summed E-state index contributed by atoms with van der Waals surface area (Å²) < 4.78 is 0.996. The van der Waals surface area contributed by atoms with E-state index in [-0.39, 0.29) is 5.91 Å². The van der Waals surface area contributed by atoms with E-state index in [4.69, 9.17) is 11.6 Å². The molecule has 0 aliphatic heterocycles. The zero-order valence-electron chi connectivity index (χ0n) is 11.8. The third-order valence-corrected chi connectivity index (χ3v) is 4.05.